The Hall–Kier alpha value is -3.15. The summed E-state index contributed by atoms with van der Waals surface area (Å²) >= 11 is 0.999. The van der Waals surface area contributed by atoms with Crippen molar-refractivity contribution in [3.05, 3.63) is 64.6 Å². The number of nitrogens with one attached hydrogen (secondary N) is 3. The molecule has 1 heterocycles. The topological polar surface area (TPSA) is 130 Å². The third-order valence-corrected chi connectivity index (χ3v) is 6.21. The maximum Gasteiger partial charge on any atom is 0.286 e. The van der Waals surface area contributed by atoms with Crippen molar-refractivity contribution in [2.45, 2.75) is 24.8 Å². The molecule has 3 aromatic rings. The molecule has 156 valence electrons. The molecule has 3 rings (SSSR count). The third kappa shape index (κ3) is 5.69. The summed E-state index contributed by atoms with van der Waals surface area (Å²) in [5.41, 5.74) is 1.14. The van der Waals surface area contributed by atoms with Gasteiger partial charge in [0.1, 0.15) is 5.01 Å². The summed E-state index contributed by atoms with van der Waals surface area (Å²) in [5, 5.41) is 13.5. The number of benzene rings is 2. The van der Waals surface area contributed by atoms with Gasteiger partial charge < -0.3 is 10.6 Å². The van der Waals surface area contributed by atoms with Crippen LogP contribution in [0.25, 0.3) is 0 Å². The van der Waals surface area contributed by atoms with E-state index in [1.54, 1.807) is 31.2 Å². The van der Waals surface area contributed by atoms with Gasteiger partial charge in [-0.05, 0) is 36.4 Å². The molecule has 9 nitrogen and oxygen atoms in total. The summed E-state index contributed by atoms with van der Waals surface area (Å²) in [6, 6.07) is 14.7. The maximum absolute atomic E-state index is 12.5. The van der Waals surface area contributed by atoms with Crippen LogP contribution in [-0.2, 0) is 21.4 Å². The number of amides is 2. The average Bonchev–Trinajstić information content (AvgIpc) is 3.23. The maximum atomic E-state index is 12.5. The second-order valence-corrected chi connectivity index (χ2v) is 8.90. The lowest BCUT2D eigenvalue weighted by Gasteiger charge is -2.07. The highest BCUT2D eigenvalue weighted by Gasteiger charge is 2.17. The molecule has 0 unspecified atom stereocenters. The zero-order chi connectivity index (χ0) is 21.6. The minimum absolute atomic E-state index is 0.0450. The van der Waals surface area contributed by atoms with Crippen LogP contribution in [0.4, 0.5) is 11.4 Å². The van der Waals surface area contributed by atoms with E-state index in [2.05, 4.69) is 25.6 Å². The van der Waals surface area contributed by atoms with E-state index >= 15 is 0 Å². The zero-order valence-electron chi connectivity index (χ0n) is 16.0. The highest BCUT2D eigenvalue weighted by Crippen LogP contribution is 2.16. The Balaban J connectivity index is 1.59. The quantitative estimate of drug-likeness (QED) is 0.489. The van der Waals surface area contributed by atoms with Crippen LogP contribution in [0.3, 0.4) is 0 Å². The summed E-state index contributed by atoms with van der Waals surface area (Å²) in [6.07, 6.45) is 0.328. The minimum atomic E-state index is -3.79. The lowest BCUT2D eigenvalue weighted by atomic mass is 10.3. The number of carbonyl (C=O) groups excluding carboxylic acids is 2. The number of anilines is 2. The van der Waals surface area contributed by atoms with Crippen molar-refractivity contribution in [2.24, 2.45) is 0 Å². The van der Waals surface area contributed by atoms with Crippen molar-refractivity contribution >= 4 is 44.5 Å². The van der Waals surface area contributed by atoms with Gasteiger partial charge in [0.25, 0.3) is 5.91 Å². The van der Waals surface area contributed by atoms with Gasteiger partial charge in [-0.2, -0.15) is 0 Å². The summed E-state index contributed by atoms with van der Waals surface area (Å²) in [6.45, 7) is 1.62. The number of sulfonamides is 1. The van der Waals surface area contributed by atoms with E-state index in [1.807, 2.05) is 6.07 Å². The molecule has 0 spiro atoms. The van der Waals surface area contributed by atoms with Crippen LogP contribution in [-0.4, -0.2) is 30.4 Å². The fourth-order valence-corrected chi connectivity index (χ4v) is 4.08. The number of nitrogens with zero attached hydrogens (tertiary/aromatic N) is 2. The van der Waals surface area contributed by atoms with E-state index in [9.17, 15) is 18.0 Å². The van der Waals surface area contributed by atoms with Gasteiger partial charge in [-0.25, -0.2) is 13.1 Å². The minimum Gasteiger partial charge on any atom is -0.326 e. The van der Waals surface area contributed by atoms with Crippen LogP contribution in [0.1, 0.15) is 28.2 Å². The predicted molar refractivity (Wildman–Crippen MR) is 114 cm³/mol. The Morgan fingerprint density at radius 3 is 2.27 bits per heavy atom. The average molecular weight is 446 g/mol. The smallest absolute Gasteiger partial charge is 0.286 e. The standard InChI is InChI=1S/C19H19N5O4S2/c1-2-16(25)21-14-8-10-15(11-9-14)30(27,28)20-12-17-23-24-19(29-17)18(26)22-13-6-4-3-5-7-13/h3-11,20H,2,12H2,1H3,(H,21,25)(H,22,26). The van der Waals surface area contributed by atoms with Gasteiger partial charge in [-0.15, -0.1) is 10.2 Å². The van der Waals surface area contributed by atoms with Crippen LogP contribution in [0.2, 0.25) is 0 Å². The molecule has 11 heteroatoms. The molecule has 2 aromatic carbocycles. The largest absolute Gasteiger partial charge is 0.326 e. The van der Waals surface area contributed by atoms with Crippen molar-refractivity contribution in [1.82, 2.24) is 14.9 Å². The van der Waals surface area contributed by atoms with Gasteiger partial charge in [0.05, 0.1) is 11.4 Å². The third-order valence-electron chi connectivity index (χ3n) is 3.88. The van der Waals surface area contributed by atoms with Gasteiger partial charge in [0.15, 0.2) is 0 Å². The Bertz CT molecular complexity index is 1130. The van der Waals surface area contributed by atoms with Crippen molar-refractivity contribution < 1.29 is 18.0 Å². The lowest BCUT2D eigenvalue weighted by molar-refractivity contribution is -0.115. The Morgan fingerprint density at radius 2 is 1.60 bits per heavy atom. The molecule has 30 heavy (non-hydrogen) atoms. The van der Waals surface area contributed by atoms with Crippen LogP contribution < -0.4 is 15.4 Å². The van der Waals surface area contributed by atoms with Gasteiger partial charge in [-0.3, -0.25) is 9.59 Å². The normalized spacial score (nSPS) is 11.1. The second kappa shape index (κ2) is 9.57. The van der Waals surface area contributed by atoms with Crippen LogP contribution >= 0.6 is 11.3 Å². The van der Waals surface area contributed by atoms with Crippen molar-refractivity contribution in [1.29, 1.82) is 0 Å². The summed E-state index contributed by atoms with van der Waals surface area (Å²) in [7, 11) is -3.79. The molecule has 0 fully saturated rings. The Labute approximate surface area is 177 Å². The van der Waals surface area contributed by atoms with Gasteiger partial charge in [0.2, 0.25) is 20.9 Å². The molecule has 0 saturated carbocycles. The number of carbonyl (C=O) groups is 2. The molecular formula is C19H19N5O4S2. The first-order valence-electron chi connectivity index (χ1n) is 8.96. The highest BCUT2D eigenvalue weighted by molar-refractivity contribution is 7.89. The van der Waals surface area contributed by atoms with E-state index < -0.39 is 15.9 Å². The first-order chi connectivity index (χ1) is 14.4. The van der Waals surface area contributed by atoms with E-state index in [1.165, 1.54) is 24.3 Å². The second-order valence-electron chi connectivity index (χ2n) is 6.07. The monoisotopic (exact) mass is 445 g/mol. The Kier molecular flexibility index (Phi) is 6.87. The van der Waals surface area contributed by atoms with Crippen LogP contribution in [0.5, 0.6) is 0 Å². The predicted octanol–water partition coefficient (Wildman–Crippen LogP) is 2.62. The molecule has 0 aliphatic carbocycles. The van der Waals surface area contributed by atoms with Gasteiger partial charge >= 0.3 is 0 Å². The number of hydrogen-bond acceptors (Lipinski definition) is 7. The van der Waals surface area contributed by atoms with E-state index in [-0.39, 0.29) is 22.4 Å². The highest BCUT2D eigenvalue weighted by atomic mass is 32.2. The lowest BCUT2D eigenvalue weighted by Crippen LogP contribution is -2.23. The van der Waals surface area contributed by atoms with Crippen LogP contribution in [0, 0.1) is 0 Å². The molecule has 0 radical (unpaired) electrons. The summed E-state index contributed by atoms with van der Waals surface area (Å²) < 4.78 is 27.3. The molecule has 1 aromatic heterocycles. The molecule has 2 amide bonds. The van der Waals surface area contributed by atoms with Gasteiger partial charge in [-0.1, -0.05) is 36.5 Å². The molecule has 0 bridgehead atoms. The first-order valence-corrected chi connectivity index (χ1v) is 11.3. The SMILES string of the molecule is CCC(=O)Nc1ccc(S(=O)(=O)NCc2nnc(C(=O)Nc3ccccc3)s2)cc1. The van der Waals surface area contributed by atoms with Crippen molar-refractivity contribution in [3.63, 3.8) is 0 Å². The van der Waals surface area contributed by atoms with Crippen LogP contribution in [0.15, 0.2) is 59.5 Å². The van der Waals surface area contributed by atoms with Gasteiger partial charge in [0, 0.05) is 17.8 Å². The Morgan fingerprint density at radius 1 is 0.933 bits per heavy atom. The molecule has 0 atom stereocenters. The fraction of sp³-hybridized carbons (Fsp3) is 0.158. The molecular weight excluding hydrogens is 426 g/mol. The van der Waals surface area contributed by atoms with E-state index in [4.69, 9.17) is 0 Å². The zero-order valence-corrected chi connectivity index (χ0v) is 17.6. The number of aromatic nitrogens is 2. The van der Waals surface area contributed by atoms with E-state index in [0.29, 0.717) is 22.8 Å². The first kappa shape index (κ1) is 21.6. The summed E-state index contributed by atoms with van der Waals surface area (Å²) in [5.74, 6) is -0.579. The number of para-hydroxylation sites is 1. The molecule has 0 aliphatic heterocycles. The number of hydrogen-bond donors (Lipinski definition) is 3. The molecule has 0 saturated heterocycles. The van der Waals surface area contributed by atoms with Crippen molar-refractivity contribution in [3.8, 4) is 0 Å². The molecule has 0 aliphatic rings. The van der Waals surface area contributed by atoms with Crippen molar-refractivity contribution in [2.75, 3.05) is 10.6 Å². The number of rotatable bonds is 8. The summed E-state index contributed by atoms with van der Waals surface area (Å²) in [4.78, 5) is 23.6. The van der Waals surface area contributed by atoms with E-state index in [0.717, 1.165) is 11.3 Å². The fourth-order valence-electron chi connectivity index (χ4n) is 2.33. The molecule has 3 N–H and O–H groups in total.